The summed E-state index contributed by atoms with van der Waals surface area (Å²) in [5.41, 5.74) is 1.90. The summed E-state index contributed by atoms with van der Waals surface area (Å²) in [6, 6.07) is 12.8. The summed E-state index contributed by atoms with van der Waals surface area (Å²) >= 11 is 0. The van der Waals surface area contributed by atoms with Crippen LogP contribution in [0.15, 0.2) is 48.5 Å². The predicted molar refractivity (Wildman–Crippen MR) is 113 cm³/mol. The summed E-state index contributed by atoms with van der Waals surface area (Å²) in [4.78, 5) is 16.6. The Morgan fingerprint density at radius 3 is 2.31 bits per heavy atom. The van der Waals surface area contributed by atoms with Gasteiger partial charge in [0.15, 0.2) is 0 Å². The van der Waals surface area contributed by atoms with E-state index in [0.717, 1.165) is 11.8 Å². The maximum Gasteiger partial charge on any atom is 0.246 e. The van der Waals surface area contributed by atoms with Gasteiger partial charge < -0.3 is 9.80 Å². The molecule has 0 saturated carbocycles. The van der Waals surface area contributed by atoms with Gasteiger partial charge in [0.05, 0.1) is 17.6 Å². The van der Waals surface area contributed by atoms with E-state index in [4.69, 9.17) is 0 Å². The summed E-state index contributed by atoms with van der Waals surface area (Å²) in [7, 11) is -3.65. The lowest BCUT2D eigenvalue weighted by atomic mass is 10.2. The number of sulfonamides is 1. The Morgan fingerprint density at radius 2 is 1.72 bits per heavy atom. The Labute approximate surface area is 171 Å². The zero-order valence-electron chi connectivity index (χ0n) is 16.9. The van der Waals surface area contributed by atoms with Crippen molar-refractivity contribution in [3.05, 3.63) is 59.9 Å². The molecule has 3 rings (SSSR count). The second-order valence-corrected chi connectivity index (χ2v) is 9.20. The molecule has 1 saturated heterocycles. The molecule has 1 amide bonds. The number of nitrogens with zero attached hydrogens (tertiary/aromatic N) is 3. The van der Waals surface area contributed by atoms with Crippen LogP contribution in [0.2, 0.25) is 0 Å². The molecule has 0 aromatic heterocycles. The van der Waals surface area contributed by atoms with Crippen molar-refractivity contribution in [1.82, 2.24) is 4.90 Å². The van der Waals surface area contributed by atoms with Gasteiger partial charge in [0, 0.05) is 26.2 Å². The third-order valence-corrected chi connectivity index (χ3v) is 6.35. The number of aryl methyl sites for hydroxylation is 1. The molecule has 0 spiro atoms. The molecule has 0 bridgehead atoms. The largest absolute Gasteiger partial charge is 0.366 e. The van der Waals surface area contributed by atoms with Crippen LogP contribution in [0.25, 0.3) is 0 Å². The van der Waals surface area contributed by atoms with Gasteiger partial charge in [0.2, 0.25) is 15.9 Å². The van der Waals surface area contributed by atoms with Gasteiger partial charge in [-0.25, -0.2) is 12.8 Å². The number of amides is 1. The third-order valence-electron chi connectivity index (χ3n) is 5.11. The Balaban J connectivity index is 1.75. The van der Waals surface area contributed by atoms with Crippen molar-refractivity contribution in [2.24, 2.45) is 0 Å². The number of carbonyl (C=O) groups is 1. The molecule has 2 aromatic rings. The molecular weight excluding hydrogens is 393 g/mol. The van der Waals surface area contributed by atoms with E-state index >= 15 is 0 Å². The van der Waals surface area contributed by atoms with E-state index in [1.165, 1.54) is 10.4 Å². The van der Waals surface area contributed by atoms with Crippen molar-refractivity contribution in [2.75, 3.05) is 41.6 Å². The first-order valence-corrected chi connectivity index (χ1v) is 11.4. The number of hydrogen-bond donors (Lipinski definition) is 0. The molecule has 1 fully saturated rings. The van der Waals surface area contributed by atoms with E-state index in [9.17, 15) is 17.6 Å². The Bertz CT molecular complexity index is 988. The van der Waals surface area contributed by atoms with Crippen LogP contribution in [0.3, 0.4) is 0 Å². The van der Waals surface area contributed by atoms with Gasteiger partial charge in [0.25, 0.3) is 0 Å². The number of hydrogen-bond acceptors (Lipinski definition) is 4. The van der Waals surface area contributed by atoms with Gasteiger partial charge in [-0.3, -0.25) is 9.10 Å². The maximum absolute atomic E-state index is 14.0. The molecule has 1 heterocycles. The van der Waals surface area contributed by atoms with Crippen LogP contribution < -0.4 is 9.21 Å². The number of halogens is 1. The molecule has 2 aromatic carbocycles. The summed E-state index contributed by atoms with van der Waals surface area (Å²) in [6.07, 6.45) is 1.11. The highest BCUT2D eigenvalue weighted by atomic mass is 32.2. The minimum atomic E-state index is -3.65. The fourth-order valence-electron chi connectivity index (χ4n) is 3.71. The lowest BCUT2D eigenvalue weighted by Gasteiger charge is -2.39. The highest BCUT2D eigenvalue weighted by molar-refractivity contribution is 7.92. The lowest BCUT2D eigenvalue weighted by Crippen LogP contribution is -2.55. The Hall–Kier alpha value is -2.61. The molecule has 6 nitrogen and oxygen atoms in total. The molecule has 1 aliphatic rings. The third kappa shape index (κ3) is 4.70. The quantitative estimate of drug-likeness (QED) is 0.748. The number of piperazine rings is 1. The minimum Gasteiger partial charge on any atom is -0.366 e. The number of anilines is 2. The summed E-state index contributed by atoms with van der Waals surface area (Å²) in [6.45, 7) is 5.27. The first-order valence-electron chi connectivity index (χ1n) is 9.53. The summed E-state index contributed by atoms with van der Waals surface area (Å²) in [5, 5.41) is 0. The van der Waals surface area contributed by atoms with E-state index in [0.29, 0.717) is 37.6 Å². The number of para-hydroxylation sites is 1. The first-order chi connectivity index (χ1) is 13.7. The van der Waals surface area contributed by atoms with Crippen LogP contribution >= 0.6 is 0 Å². The molecular formula is C21H26FN3O3S. The van der Waals surface area contributed by atoms with Crippen LogP contribution in [-0.2, 0) is 14.8 Å². The first kappa shape index (κ1) is 21.1. The van der Waals surface area contributed by atoms with Crippen molar-refractivity contribution >= 4 is 27.3 Å². The summed E-state index contributed by atoms with van der Waals surface area (Å²) in [5.74, 6) is -0.548. The fraction of sp³-hybridized carbons (Fsp3) is 0.381. The molecule has 1 atom stereocenters. The number of carbonyl (C=O) groups excluding carboxylic acids is 1. The second-order valence-electron chi connectivity index (χ2n) is 7.34. The van der Waals surface area contributed by atoms with Crippen molar-refractivity contribution in [2.45, 2.75) is 19.9 Å². The highest BCUT2D eigenvalue weighted by Gasteiger charge is 2.33. The molecule has 156 valence electrons. The van der Waals surface area contributed by atoms with Gasteiger partial charge in [-0.1, -0.05) is 24.3 Å². The molecule has 1 aliphatic heterocycles. The molecule has 0 N–H and O–H groups in total. The number of benzene rings is 2. The average molecular weight is 420 g/mol. The monoisotopic (exact) mass is 419 g/mol. The Kier molecular flexibility index (Phi) is 6.12. The van der Waals surface area contributed by atoms with Crippen LogP contribution in [-0.4, -0.2) is 57.7 Å². The Morgan fingerprint density at radius 1 is 1.07 bits per heavy atom. The van der Waals surface area contributed by atoms with Crippen LogP contribution in [0.5, 0.6) is 0 Å². The molecule has 0 unspecified atom stereocenters. The van der Waals surface area contributed by atoms with Crippen LogP contribution in [0, 0.1) is 12.7 Å². The van der Waals surface area contributed by atoms with E-state index < -0.39 is 16.1 Å². The van der Waals surface area contributed by atoms with E-state index in [1.54, 1.807) is 48.2 Å². The topological polar surface area (TPSA) is 60.9 Å². The van der Waals surface area contributed by atoms with E-state index in [1.807, 2.05) is 17.9 Å². The smallest absolute Gasteiger partial charge is 0.246 e. The minimum absolute atomic E-state index is 0.259. The fourth-order valence-corrected chi connectivity index (χ4v) is 4.87. The second kappa shape index (κ2) is 8.41. The predicted octanol–water partition coefficient (Wildman–Crippen LogP) is 2.64. The average Bonchev–Trinajstić information content (AvgIpc) is 2.67. The SMILES string of the molecule is Cc1cccc(N([C@H](C)C(=O)N2CCN(c3ccccc3F)CC2)S(C)(=O)=O)c1. The van der Waals surface area contributed by atoms with Gasteiger partial charge in [-0.2, -0.15) is 0 Å². The van der Waals surface area contributed by atoms with E-state index in [-0.39, 0.29) is 11.7 Å². The standard InChI is InChI=1S/C21H26FN3O3S/c1-16-7-6-8-18(15-16)25(29(3,27)28)17(2)21(26)24-13-11-23(12-14-24)20-10-5-4-9-19(20)22/h4-10,15,17H,11-14H2,1-3H3/t17-/m1/s1. The van der Waals surface area contributed by atoms with Crippen molar-refractivity contribution in [3.63, 3.8) is 0 Å². The lowest BCUT2D eigenvalue weighted by molar-refractivity contribution is -0.132. The van der Waals surface area contributed by atoms with Crippen molar-refractivity contribution in [1.29, 1.82) is 0 Å². The van der Waals surface area contributed by atoms with E-state index in [2.05, 4.69) is 0 Å². The zero-order valence-corrected chi connectivity index (χ0v) is 17.7. The molecule has 29 heavy (non-hydrogen) atoms. The van der Waals surface area contributed by atoms with Gasteiger partial charge in [-0.15, -0.1) is 0 Å². The molecule has 0 radical (unpaired) electrons. The van der Waals surface area contributed by atoms with Crippen molar-refractivity contribution < 1.29 is 17.6 Å². The number of rotatable bonds is 5. The maximum atomic E-state index is 14.0. The van der Waals surface area contributed by atoms with Gasteiger partial charge in [0.1, 0.15) is 11.9 Å². The van der Waals surface area contributed by atoms with Gasteiger partial charge >= 0.3 is 0 Å². The van der Waals surface area contributed by atoms with Crippen molar-refractivity contribution in [3.8, 4) is 0 Å². The highest BCUT2D eigenvalue weighted by Crippen LogP contribution is 2.24. The van der Waals surface area contributed by atoms with Crippen LogP contribution in [0.1, 0.15) is 12.5 Å². The summed E-state index contributed by atoms with van der Waals surface area (Å²) < 4.78 is 40.1. The van der Waals surface area contributed by atoms with Crippen LogP contribution in [0.4, 0.5) is 15.8 Å². The zero-order chi connectivity index (χ0) is 21.2. The van der Waals surface area contributed by atoms with Gasteiger partial charge in [-0.05, 0) is 43.7 Å². The normalized spacial score (nSPS) is 15.9. The molecule has 0 aliphatic carbocycles. The molecule has 8 heteroatoms.